The van der Waals surface area contributed by atoms with Gasteiger partial charge >= 0.3 is 11.9 Å². The van der Waals surface area contributed by atoms with Crippen molar-refractivity contribution in [2.75, 3.05) is 0 Å². The average Bonchev–Trinajstić information content (AvgIpc) is 2.96. The van der Waals surface area contributed by atoms with E-state index in [9.17, 15) is 14.7 Å². The van der Waals surface area contributed by atoms with E-state index in [0.29, 0.717) is 0 Å². The maximum atomic E-state index is 12.5. The van der Waals surface area contributed by atoms with Crippen molar-refractivity contribution in [1.29, 1.82) is 0 Å². The van der Waals surface area contributed by atoms with Crippen LogP contribution in [0.5, 0.6) is 0 Å². The summed E-state index contributed by atoms with van der Waals surface area (Å²) < 4.78 is 17.6. The van der Waals surface area contributed by atoms with Gasteiger partial charge in [-0.1, -0.05) is 26.0 Å². The minimum absolute atomic E-state index is 0.0475. The van der Waals surface area contributed by atoms with Gasteiger partial charge in [-0.25, -0.2) is 9.59 Å². The van der Waals surface area contributed by atoms with Crippen molar-refractivity contribution in [3.63, 3.8) is 0 Å². The van der Waals surface area contributed by atoms with Crippen molar-refractivity contribution < 1.29 is 28.9 Å². The quantitative estimate of drug-likeness (QED) is 0.855. The number of carbonyl (C=O) groups excluding carboxylic acids is 1. The molecule has 3 unspecified atom stereocenters. The van der Waals surface area contributed by atoms with Gasteiger partial charge in [-0.05, 0) is 12.1 Å². The van der Waals surface area contributed by atoms with E-state index in [0.717, 1.165) is 0 Å². The summed E-state index contributed by atoms with van der Waals surface area (Å²) in [4.78, 5) is 23.7. The molecule has 4 heterocycles. The van der Waals surface area contributed by atoms with E-state index < -0.39 is 18.0 Å². The summed E-state index contributed by atoms with van der Waals surface area (Å²) in [5, 5.41) is 9.21. The zero-order valence-electron chi connectivity index (χ0n) is 12.8. The van der Waals surface area contributed by atoms with Gasteiger partial charge in [-0.15, -0.1) is 0 Å². The predicted octanol–water partition coefficient (Wildman–Crippen LogP) is 1.73. The van der Waals surface area contributed by atoms with Crippen LogP contribution in [0.2, 0.25) is 0 Å². The molecule has 0 aliphatic carbocycles. The molecular formula is C17H18O6. The van der Waals surface area contributed by atoms with Gasteiger partial charge in [0.2, 0.25) is 0 Å². The molecule has 1 N–H and O–H groups in total. The van der Waals surface area contributed by atoms with Gasteiger partial charge in [-0.2, -0.15) is 0 Å². The van der Waals surface area contributed by atoms with Crippen molar-refractivity contribution >= 4 is 11.9 Å². The molecule has 4 aliphatic heterocycles. The van der Waals surface area contributed by atoms with Crippen molar-refractivity contribution in [3.8, 4) is 0 Å². The molecule has 23 heavy (non-hydrogen) atoms. The number of rotatable bonds is 3. The number of benzene rings is 1. The highest BCUT2D eigenvalue weighted by Gasteiger charge is 2.65. The fraction of sp³-hybridized carbons (Fsp3) is 0.529. The Morgan fingerprint density at radius 3 is 2.26 bits per heavy atom. The number of esters is 1. The number of hydrogen-bond acceptors (Lipinski definition) is 5. The maximum Gasteiger partial charge on any atom is 0.339 e. The molecular weight excluding hydrogens is 300 g/mol. The van der Waals surface area contributed by atoms with Gasteiger partial charge in [0, 0.05) is 11.8 Å². The van der Waals surface area contributed by atoms with Crippen molar-refractivity contribution in [2.45, 2.75) is 44.4 Å². The molecule has 6 heteroatoms. The Kier molecular flexibility index (Phi) is 3.21. The lowest BCUT2D eigenvalue weighted by molar-refractivity contribution is -0.152. The topological polar surface area (TPSA) is 82.1 Å². The van der Waals surface area contributed by atoms with E-state index in [1.165, 1.54) is 12.1 Å². The minimum atomic E-state index is -1.15. The Labute approximate surface area is 133 Å². The van der Waals surface area contributed by atoms with Gasteiger partial charge in [0.15, 0.2) is 6.10 Å². The number of ether oxygens (including phenoxy) is 3. The standard InChI is InChI=1S/C17H18O6/c1-7-11-8(2)13-15(14(21-11)12(7)22-13)23-17(20)10-6-4-3-5-9(10)16(18)19/h3-8,11-15H,1-2H3,(H,18,19)/t7?,8?,11-,12-,13?,14+,15+/m0/s1. The normalized spacial score (nSPS) is 40.3. The highest BCUT2D eigenvalue weighted by atomic mass is 16.6. The summed E-state index contributed by atoms with van der Waals surface area (Å²) in [5.74, 6) is -1.37. The lowest BCUT2D eigenvalue weighted by Crippen LogP contribution is -2.49. The highest BCUT2D eigenvalue weighted by Crippen LogP contribution is 2.50. The molecule has 4 saturated heterocycles. The van der Waals surface area contributed by atoms with Gasteiger partial charge < -0.3 is 19.3 Å². The van der Waals surface area contributed by atoms with Crippen molar-refractivity contribution in [3.05, 3.63) is 35.4 Å². The van der Waals surface area contributed by atoms with Crippen molar-refractivity contribution in [1.82, 2.24) is 0 Å². The van der Waals surface area contributed by atoms with Crippen LogP contribution in [0.3, 0.4) is 0 Å². The van der Waals surface area contributed by atoms with E-state index in [1.54, 1.807) is 12.1 Å². The van der Waals surface area contributed by atoms with Crippen molar-refractivity contribution in [2.24, 2.45) is 11.8 Å². The smallest absolute Gasteiger partial charge is 0.339 e. The van der Waals surface area contributed by atoms with Gasteiger partial charge in [0.25, 0.3) is 0 Å². The van der Waals surface area contributed by atoms with E-state index in [-0.39, 0.29) is 47.4 Å². The fourth-order valence-electron chi connectivity index (χ4n) is 4.16. The second-order valence-electron chi connectivity index (χ2n) is 6.57. The third-order valence-corrected chi connectivity index (χ3v) is 5.29. The lowest BCUT2D eigenvalue weighted by Gasteiger charge is -2.38. The first-order valence-corrected chi connectivity index (χ1v) is 7.83. The fourth-order valence-corrected chi connectivity index (χ4v) is 4.16. The van der Waals surface area contributed by atoms with Crippen LogP contribution in [0.1, 0.15) is 34.6 Å². The van der Waals surface area contributed by atoms with Crippen LogP contribution in [0.4, 0.5) is 0 Å². The van der Waals surface area contributed by atoms with E-state index in [1.807, 2.05) is 6.92 Å². The molecule has 1 aromatic rings. The lowest BCUT2D eigenvalue weighted by atomic mass is 9.87. The summed E-state index contributed by atoms with van der Waals surface area (Å²) in [6, 6.07) is 6.05. The molecule has 0 aromatic heterocycles. The van der Waals surface area contributed by atoms with Crippen LogP contribution in [-0.2, 0) is 14.2 Å². The molecule has 4 fully saturated rings. The largest absolute Gasteiger partial charge is 0.478 e. The number of hydrogen-bond donors (Lipinski definition) is 1. The van der Waals surface area contributed by atoms with E-state index in [4.69, 9.17) is 14.2 Å². The van der Waals surface area contributed by atoms with Gasteiger partial charge in [0.05, 0.1) is 23.3 Å². The Balaban J connectivity index is 1.58. The summed E-state index contributed by atoms with van der Waals surface area (Å²) >= 11 is 0. The van der Waals surface area contributed by atoms with Gasteiger partial charge in [-0.3, -0.25) is 0 Å². The molecule has 0 amide bonds. The molecule has 6 nitrogen and oxygen atoms in total. The maximum absolute atomic E-state index is 12.5. The molecule has 122 valence electrons. The first-order valence-electron chi connectivity index (χ1n) is 7.83. The monoisotopic (exact) mass is 318 g/mol. The number of aromatic carboxylic acids is 1. The first kappa shape index (κ1) is 14.7. The molecule has 0 saturated carbocycles. The Hall–Kier alpha value is -1.92. The third kappa shape index (κ3) is 2.01. The number of carboxylic acid groups (broad SMARTS) is 1. The molecule has 4 aliphatic rings. The molecule has 0 radical (unpaired) electrons. The van der Waals surface area contributed by atoms with Crippen LogP contribution in [0.15, 0.2) is 24.3 Å². The van der Waals surface area contributed by atoms with Crippen LogP contribution in [0, 0.1) is 11.8 Å². The Morgan fingerprint density at radius 1 is 0.957 bits per heavy atom. The van der Waals surface area contributed by atoms with Crippen LogP contribution in [0.25, 0.3) is 0 Å². The SMILES string of the molecule is CC1C2O[C@H]3C(C)[C@@H]1O[C@H]3[C@@H]2OC(=O)c1ccccc1C(=O)O. The second kappa shape index (κ2) is 5.04. The molecule has 4 bridgehead atoms. The minimum Gasteiger partial charge on any atom is -0.478 e. The van der Waals surface area contributed by atoms with Crippen LogP contribution >= 0.6 is 0 Å². The first-order chi connectivity index (χ1) is 11.0. The summed E-state index contributed by atoms with van der Waals surface area (Å²) in [7, 11) is 0. The van der Waals surface area contributed by atoms with Gasteiger partial charge in [0.1, 0.15) is 12.2 Å². The number of carboxylic acids is 1. The van der Waals surface area contributed by atoms with E-state index in [2.05, 4.69) is 6.92 Å². The highest BCUT2D eigenvalue weighted by molar-refractivity contribution is 6.02. The Morgan fingerprint density at radius 2 is 1.57 bits per heavy atom. The van der Waals surface area contributed by atoms with E-state index >= 15 is 0 Å². The molecule has 1 aromatic carbocycles. The zero-order chi connectivity index (χ0) is 16.3. The van der Waals surface area contributed by atoms with Crippen LogP contribution < -0.4 is 0 Å². The average molecular weight is 318 g/mol. The summed E-state index contributed by atoms with van der Waals surface area (Å²) in [6.45, 7) is 4.13. The summed E-state index contributed by atoms with van der Waals surface area (Å²) in [6.07, 6.45) is -0.817. The second-order valence-corrected chi connectivity index (χ2v) is 6.57. The molecule has 5 rings (SSSR count). The summed E-state index contributed by atoms with van der Waals surface area (Å²) in [5.41, 5.74) is -0.00812. The zero-order valence-corrected chi connectivity index (χ0v) is 12.8. The Bertz CT molecular complexity index is 667. The molecule has 0 spiro atoms. The predicted molar refractivity (Wildman–Crippen MR) is 78.3 cm³/mol. The molecule has 7 atom stereocenters. The number of carbonyl (C=O) groups is 2. The third-order valence-electron chi connectivity index (χ3n) is 5.29. The van der Waals surface area contributed by atoms with Crippen LogP contribution in [-0.4, -0.2) is 47.6 Å².